The van der Waals surface area contributed by atoms with Gasteiger partial charge in [-0.05, 0) is 28.6 Å². The number of halogens is 2. The molecule has 68 valence electrons. The smallest absolute Gasteiger partial charge is 0.00646 e. The molecule has 0 aliphatic carbocycles. The molecule has 0 aliphatic heterocycles. The van der Waals surface area contributed by atoms with Gasteiger partial charge in [0.2, 0.25) is 0 Å². The van der Waals surface area contributed by atoms with Crippen LogP contribution in [0.5, 0.6) is 0 Å². The maximum Gasteiger partial charge on any atom is 0.00646 e. The Kier molecular flexibility index (Phi) is 7.43. The van der Waals surface area contributed by atoms with Crippen molar-refractivity contribution in [1.82, 2.24) is 0 Å². The number of hydrogen-bond acceptors (Lipinski definition) is 0. The zero-order valence-electron chi connectivity index (χ0n) is 7.61. The second kappa shape index (κ2) is 6.70. The number of alkyl halides is 2. The van der Waals surface area contributed by atoms with Gasteiger partial charge in [0.15, 0.2) is 0 Å². The van der Waals surface area contributed by atoms with Gasteiger partial charge in [-0.25, -0.2) is 0 Å². The second-order valence-corrected chi connectivity index (χ2v) is 5.24. The molecule has 2 heteroatoms. The van der Waals surface area contributed by atoms with Crippen molar-refractivity contribution in [1.29, 1.82) is 0 Å². The van der Waals surface area contributed by atoms with Crippen molar-refractivity contribution in [2.24, 2.45) is 17.8 Å². The molecule has 0 aromatic rings. The first-order valence-corrected chi connectivity index (χ1v) is 6.90. The van der Waals surface area contributed by atoms with Crippen LogP contribution in [-0.2, 0) is 0 Å². The first-order valence-electron chi connectivity index (χ1n) is 4.25. The highest BCUT2D eigenvalue weighted by Gasteiger charge is 2.18. The molecule has 0 aliphatic rings. The van der Waals surface area contributed by atoms with E-state index in [2.05, 4.69) is 59.3 Å². The molecule has 0 saturated carbocycles. The fraction of sp³-hybridized carbons (Fsp3) is 1.00. The van der Waals surface area contributed by atoms with Gasteiger partial charge < -0.3 is 0 Å². The van der Waals surface area contributed by atoms with E-state index in [1.807, 2.05) is 0 Å². The van der Waals surface area contributed by atoms with Crippen LogP contribution in [0.1, 0.15) is 27.2 Å². The molecule has 0 amide bonds. The Bertz CT molecular complexity index is 93.6. The van der Waals surface area contributed by atoms with Crippen LogP contribution in [0, 0.1) is 17.8 Å². The Morgan fingerprint density at radius 2 is 1.82 bits per heavy atom. The van der Waals surface area contributed by atoms with Crippen molar-refractivity contribution in [3.63, 3.8) is 0 Å². The van der Waals surface area contributed by atoms with E-state index in [1.54, 1.807) is 0 Å². The van der Waals surface area contributed by atoms with Crippen LogP contribution in [-0.4, -0.2) is 9.76 Å². The largest absolute Gasteiger partial charge is 0.0925 e. The van der Waals surface area contributed by atoms with E-state index in [1.165, 1.54) is 10.8 Å². The molecule has 0 aromatic carbocycles. The third kappa shape index (κ3) is 4.71. The van der Waals surface area contributed by atoms with E-state index in [0.29, 0.717) is 0 Å². The number of rotatable bonds is 5. The molecule has 0 saturated heterocycles. The lowest BCUT2D eigenvalue weighted by Gasteiger charge is -2.24. The van der Waals surface area contributed by atoms with Crippen molar-refractivity contribution < 1.29 is 0 Å². The highest BCUT2D eigenvalue weighted by atomic mass is 127. The lowest BCUT2D eigenvalue weighted by molar-refractivity contribution is 0.300. The maximum atomic E-state index is 3.58. The zero-order valence-corrected chi connectivity index (χ0v) is 11.4. The van der Waals surface area contributed by atoms with Gasteiger partial charge in [-0.1, -0.05) is 59.3 Å². The molecular weight excluding hydrogens is 315 g/mol. The van der Waals surface area contributed by atoms with Crippen LogP contribution in [0.2, 0.25) is 0 Å². The van der Waals surface area contributed by atoms with E-state index in [9.17, 15) is 0 Å². The topological polar surface area (TPSA) is 0 Å². The third-order valence-corrected chi connectivity index (χ3v) is 3.70. The average molecular weight is 333 g/mol. The Morgan fingerprint density at radius 3 is 2.09 bits per heavy atom. The summed E-state index contributed by atoms with van der Waals surface area (Å²) in [6.07, 6.45) is 1.36. The highest BCUT2D eigenvalue weighted by molar-refractivity contribution is 14.1. The van der Waals surface area contributed by atoms with Gasteiger partial charge in [0.05, 0.1) is 0 Å². The molecule has 0 fully saturated rings. The summed E-state index contributed by atoms with van der Waals surface area (Å²) in [5.41, 5.74) is 0. The molecule has 0 spiro atoms. The predicted octanol–water partition coefficient (Wildman–Crippen LogP) is 4.11. The van der Waals surface area contributed by atoms with E-state index >= 15 is 0 Å². The van der Waals surface area contributed by atoms with Gasteiger partial charge in [0.25, 0.3) is 0 Å². The zero-order chi connectivity index (χ0) is 8.85. The standard InChI is InChI=1S/C9H18BrI/c1-7(2)9(6-10)8(3)4-5-11/h7-9H,4-6H2,1-3H3. The second-order valence-electron chi connectivity index (χ2n) is 3.52. The van der Waals surface area contributed by atoms with Crippen molar-refractivity contribution in [3.05, 3.63) is 0 Å². The summed E-state index contributed by atoms with van der Waals surface area (Å²) in [5.74, 6) is 2.53. The molecule has 0 N–H and O–H groups in total. The molecule has 11 heavy (non-hydrogen) atoms. The Labute approximate surface area is 92.8 Å². The predicted molar refractivity (Wildman–Crippen MR) is 64.8 cm³/mol. The summed E-state index contributed by atoms with van der Waals surface area (Å²) >= 11 is 6.05. The van der Waals surface area contributed by atoms with E-state index < -0.39 is 0 Å². The molecule has 0 nitrogen and oxygen atoms in total. The quantitative estimate of drug-likeness (QED) is 0.525. The van der Waals surface area contributed by atoms with Gasteiger partial charge in [0.1, 0.15) is 0 Å². The van der Waals surface area contributed by atoms with Crippen molar-refractivity contribution in [2.75, 3.05) is 9.76 Å². The van der Waals surface area contributed by atoms with Crippen LogP contribution in [0.4, 0.5) is 0 Å². The normalized spacial score (nSPS) is 16.9. The van der Waals surface area contributed by atoms with Gasteiger partial charge in [-0.3, -0.25) is 0 Å². The molecule has 0 bridgehead atoms. The maximum absolute atomic E-state index is 3.58. The third-order valence-electron chi connectivity index (χ3n) is 2.33. The molecule has 0 aromatic heterocycles. The summed E-state index contributed by atoms with van der Waals surface area (Å²) in [5, 5.41) is 1.16. The summed E-state index contributed by atoms with van der Waals surface area (Å²) in [4.78, 5) is 0. The van der Waals surface area contributed by atoms with E-state index in [4.69, 9.17) is 0 Å². The van der Waals surface area contributed by atoms with Gasteiger partial charge in [-0.15, -0.1) is 0 Å². The minimum atomic E-state index is 0.812. The van der Waals surface area contributed by atoms with Gasteiger partial charge in [0, 0.05) is 5.33 Å². The van der Waals surface area contributed by atoms with Crippen LogP contribution < -0.4 is 0 Å². The summed E-state index contributed by atoms with van der Waals surface area (Å²) in [7, 11) is 0. The minimum absolute atomic E-state index is 0.812. The lowest BCUT2D eigenvalue weighted by Crippen LogP contribution is -2.19. The number of hydrogen-bond donors (Lipinski definition) is 0. The SMILES string of the molecule is CC(C)C(CBr)C(C)CCI. The van der Waals surface area contributed by atoms with Crippen LogP contribution >= 0.6 is 38.5 Å². The van der Waals surface area contributed by atoms with Crippen molar-refractivity contribution >= 4 is 38.5 Å². The fourth-order valence-corrected chi connectivity index (χ4v) is 3.74. The fourth-order valence-electron chi connectivity index (χ4n) is 1.37. The molecule has 2 atom stereocenters. The highest BCUT2D eigenvalue weighted by Crippen LogP contribution is 2.25. The first kappa shape index (κ1) is 12.2. The summed E-state index contributed by atoms with van der Waals surface area (Å²) in [6.45, 7) is 7.00. The molecular formula is C9H18BrI. The van der Waals surface area contributed by atoms with Crippen LogP contribution in [0.3, 0.4) is 0 Å². The van der Waals surface area contributed by atoms with Crippen LogP contribution in [0.25, 0.3) is 0 Å². The van der Waals surface area contributed by atoms with Gasteiger partial charge in [-0.2, -0.15) is 0 Å². The van der Waals surface area contributed by atoms with Crippen molar-refractivity contribution in [3.8, 4) is 0 Å². The van der Waals surface area contributed by atoms with E-state index in [-0.39, 0.29) is 0 Å². The first-order chi connectivity index (χ1) is 5.13. The monoisotopic (exact) mass is 332 g/mol. The average Bonchev–Trinajstić information content (AvgIpc) is 1.88. The molecule has 2 unspecified atom stereocenters. The molecule has 0 heterocycles. The Morgan fingerprint density at radius 1 is 1.27 bits per heavy atom. The Balaban J connectivity index is 3.81. The van der Waals surface area contributed by atoms with Crippen LogP contribution in [0.15, 0.2) is 0 Å². The summed E-state index contributed by atoms with van der Waals surface area (Å²) < 4.78 is 1.29. The summed E-state index contributed by atoms with van der Waals surface area (Å²) in [6, 6.07) is 0. The molecule has 0 rings (SSSR count). The van der Waals surface area contributed by atoms with Gasteiger partial charge >= 0.3 is 0 Å². The Hall–Kier alpha value is 1.21. The lowest BCUT2D eigenvalue weighted by atomic mass is 9.85. The minimum Gasteiger partial charge on any atom is -0.0925 e. The van der Waals surface area contributed by atoms with E-state index in [0.717, 1.165) is 23.1 Å². The molecule has 0 radical (unpaired) electrons. The van der Waals surface area contributed by atoms with Crippen molar-refractivity contribution in [2.45, 2.75) is 27.2 Å².